The number of aromatic amines is 1. The van der Waals surface area contributed by atoms with Crippen molar-refractivity contribution in [3.05, 3.63) is 99.1 Å². The fourth-order valence-electron chi connectivity index (χ4n) is 3.86. The molecule has 4 rings (SSSR count). The van der Waals surface area contributed by atoms with Gasteiger partial charge in [0.1, 0.15) is 5.82 Å². The normalized spacial score (nSPS) is 13.8. The molecule has 30 heavy (non-hydrogen) atoms. The van der Waals surface area contributed by atoms with Gasteiger partial charge >= 0.3 is 0 Å². The highest BCUT2D eigenvalue weighted by atomic mass is 16.1. The quantitative estimate of drug-likeness (QED) is 0.661. The van der Waals surface area contributed by atoms with Gasteiger partial charge in [-0.05, 0) is 60.7 Å². The molecular weight excluding hydrogens is 372 g/mol. The van der Waals surface area contributed by atoms with Gasteiger partial charge in [-0.25, -0.2) is 4.98 Å². The number of hydrogen-bond donors (Lipinski definition) is 1. The first-order valence-electron chi connectivity index (χ1n) is 10.1. The van der Waals surface area contributed by atoms with Gasteiger partial charge in [-0.3, -0.25) is 9.78 Å². The molecule has 0 unspecified atom stereocenters. The van der Waals surface area contributed by atoms with Crippen LogP contribution in [0.4, 0.5) is 0 Å². The summed E-state index contributed by atoms with van der Waals surface area (Å²) in [6.07, 6.45) is 6.26. The Kier molecular flexibility index (Phi) is 5.36. The molecule has 5 heteroatoms. The number of H-pyrrole nitrogens is 1. The summed E-state index contributed by atoms with van der Waals surface area (Å²) in [5.74, 6) is 0.539. The number of aromatic nitrogens is 3. The number of nitrogens with one attached hydrogen (secondary N) is 1. The van der Waals surface area contributed by atoms with Crippen LogP contribution in [0.2, 0.25) is 0 Å². The molecule has 1 aromatic carbocycles. The number of pyridine rings is 1. The second-order valence-electron chi connectivity index (χ2n) is 7.84. The number of nitrogens with zero attached hydrogens (tertiary/aromatic N) is 3. The van der Waals surface area contributed by atoms with Crippen molar-refractivity contribution in [3.8, 4) is 11.1 Å². The van der Waals surface area contributed by atoms with E-state index in [9.17, 15) is 4.79 Å². The Labute approximate surface area is 176 Å². The van der Waals surface area contributed by atoms with Crippen LogP contribution in [0, 0.1) is 13.8 Å². The van der Waals surface area contributed by atoms with Crippen LogP contribution in [0.3, 0.4) is 0 Å². The fraction of sp³-hybridized carbons (Fsp3) is 0.240. The van der Waals surface area contributed by atoms with E-state index in [4.69, 9.17) is 4.98 Å². The van der Waals surface area contributed by atoms with Gasteiger partial charge < -0.3 is 9.88 Å². The largest absolute Gasteiger partial charge is 0.367 e. The van der Waals surface area contributed by atoms with Gasteiger partial charge in [-0.1, -0.05) is 24.8 Å². The molecule has 0 fully saturated rings. The van der Waals surface area contributed by atoms with Gasteiger partial charge in [0.05, 0.1) is 0 Å². The van der Waals surface area contributed by atoms with Crippen LogP contribution in [0.25, 0.3) is 17.2 Å². The van der Waals surface area contributed by atoms with Crippen molar-refractivity contribution in [2.45, 2.75) is 33.7 Å². The predicted octanol–water partition coefficient (Wildman–Crippen LogP) is 4.42. The summed E-state index contributed by atoms with van der Waals surface area (Å²) in [7, 11) is 0. The van der Waals surface area contributed by atoms with Gasteiger partial charge in [0, 0.05) is 54.9 Å². The third-order valence-electron chi connectivity index (χ3n) is 5.84. The zero-order valence-electron chi connectivity index (χ0n) is 17.7. The van der Waals surface area contributed by atoms with E-state index in [1.807, 2.05) is 19.2 Å². The average Bonchev–Trinajstić information content (AvgIpc) is 2.74. The third-order valence-corrected chi connectivity index (χ3v) is 5.84. The summed E-state index contributed by atoms with van der Waals surface area (Å²) in [6, 6.07) is 10.1. The van der Waals surface area contributed by atoms with E-state index in [1.54, 1.807) is 0 Å². The number of fused-ring (bicyclic) bond motifs is 1. The van der Waals surface area contributed by atoms with E-state index < -0.39 is 0 Å². The van der Waals surface area contributed by atoms with Crippen LogP contribution in [0.1, 0.15) is 35.1 Å². The van der Waals surface area contributed by atoms with Crippen LogP contribution in [-0.4, -0.2) is 26.4 Å². The molecular formula is C25H26N4O. The summed E-state index contributed by atoms with van der Waals surface area (Å²) in [5.41, 5.74) is 9.11. The average molecular weight is 399 g/mol. The fourth-order valence-corrected chi connectivity index (χ4v) is 3.86. The van der Waals surface area contributed by atoms with Crippen LogP contribution >= 0.6 is 0 Å². The van der Waals surface area contributed by atoms with E-state index >= 15 is 0 Å². The lowest BCUT2D eigenvalue weighted by Crippen LogP contribution is -2.30. The van der Waals surface area contributed by atoms with Crippen molar-refractivity contribution in [1.29, 1.82) is 0 Å². The standard InChI is InChI=1S/C25H26N4O/c1-16-6-5-7-22(18(16)3)20-13-21-15-29(11-9-23(21)27-14-20)19(4)17(2)12-24-26-10-8-25(30)28-24/h5-8,10,12-14H,4,9,11,15H2,1-3H3,(H,26,28,30)/b17-12-. The molecule has 2 aromatic heterocycles. The Balaban J connectivity index is 1.59. The third kappa shape index (κ3) is 3.96. The van der Waals surface area contributed by atoms with E-state index in [-0.39, 0.29) is 5.56 Å². The van der Waals surface area contributed by atoms with E-state index in [1.165, 1.54) is 34.5 Å². The minimum Gasteiger partial charge on any atom is -0.367 e. The Bertz CT molecular complexity index is 1210. The topological polar surface area (TPSA) is 61.9 Å². The van der Waals surface area contributed by atoms with Crippen molar-refractivity contribution in [1.82, 2.24) is 19.9 Å². The Morgan fingerprint density at radius 3 is 2.87 bits per heavy atom. The molecule has 0 atom stereocenters. The van der Waals surface area contributed by atoms with Crippen molar-refractivity contribution < 1.29 is 0 Å². The molecule has 1 N–H and O–H groups in total. The smallest absolute Gasteiger partial charge is 0.251 e. The SMILES string of the molecule is C=C(/C(C)=C\c1nccc(=O)[nH]1)N1CCc2ncc(-c3cccc(C)c3C)cc2C1. The highest BCUT2D eigenvalue weighted by Crippen LogP contribution is 2.30. The second kappa shape index (κ2) is 8.11. The maximum atomic E-state index is 11.5. The monoisotopic (exact) mass is 398 g/mol. The number of rotatable bonds is 4. The molecule has 0 saturated heterocycles. The van der Waals surface area contributed by atoms with E-state index in [0.29, 0.717) is 5.82 Å². The molecule has 3 aromatic rings. The number of aryl methyl sites for hydroxylation is 1. The zero-order chi connectivity index (χ0) is 21.3. The maximum Gasteiger partial charge on any atom is 0.251 e. The lowest BCUT2D eigenvalue weighted by molar-refractivity contribution is 0.326. The van der Waals surface area contributed by atoms with Crippen LogP contribution < -0.4 is 5.56 Å². The van der Waals surface area contributed by atoms with E-state index in [2.05, 4.69) is 59.6 Å². The van der Waals surface area contributed by atoms with Gasteiger partial charge in [-0.15, -0.1) is 0 Å². The predicted molar refractivity (Wildman–Crippen MR) is 121 cm³/mol. The molecule has 152 valence electrons. The summed E-state index contributed by atoms with van der Waals surface area (Å²) in [5, 5.41) is 0. The molecule has 0 saturated carbocycles. The first kappa shape index (κ1) is 19.8. The van der Waals surface area contributed by atoms with Crippen LogP contribution in [-0.2, 0) is 13.0 Å². The number of hydrogen-bond acceptors (Lipinski definition) is 4. The zero-order valence-corrected chi connectivity index (χ0v) is 17.7. The van der Waals surface area contributed by atoms with Crippen molar-refractivity contribution in [3.63, 3.8) is 0 Å². The summed E-state index contributed by atoms with van der Waals surface area (Å²) < 4.78 is 0. The van der Waals surface area contributed by atoms with Crippen LogP contribution in [0.15, 0.2) is 65.4 Å². The van der Waals surface area contributed by atoms with Gasteiger partial charge in [0.15, 0.2) is 0 Å². The molecule has 0 aliphatic carbocycles. The maximum absolute atomic E-state index is 11.5. The minimum atomic E-state index is -0.161. The molecule has 5 nitrogen and oxygen atoms in total. The molecule has 3 heterocycles. The molecule has 1 aliphatic heterocycles. The second-order valence-corrected chi connectivity index (χ2v) is 7.84. The van der Waals surface area contributed by atoms with Gasteiger partial charge in [0.25, 0.3) is 5.56 Å². The van der Waals surface area contributed by atoms with Crippen molar-refractivity contribution in [2.75, 3.05) is 6.54 Å². The summed E-state index contributed by atoms with van der Waals surface area (Å²) in [6.45, 7) is 12.2. The van der Waals surface area contributed by atoms with Crippen molar-refractivity contribution >= 4 is 6.08 Å². The number of allylic oxidation sites excluding steroid dienone is 1. The first-order valence-corrected chi connectivity index (χ1v) is 10.1. The Morgan fingerprint density at radius 2 is 2.07 bits per heavy atom. The minimum absolute atomic E-state index is 0.161. The molecule has 1 aliphatic rings. The van der Waals surface area contributed by atoms with Crippen LogP contribution in [0.5, 0.6) is 0 Å². The van der Waals surface area contributed by atoms with Gasteiger partial charge in [-0.2, -0.15) is 0 Å². The Hall–Kier alpha value is -3.47. The first-order chi connectivity index (χ1) is 14.4. The van der Waals surface area contributed by atoms with Gasteiger partial charge in [0.2, 0.25) is 0 Å². The molecule has 0 spiro atoms. The molecule has 0 radical (unpaired) electrons. The summed E-state index contributed by atoms with van der Waals surface area (Å²) >= 11 is 0. The van der Waals surface area contributed by atoms with Crippen molar-refractivity contribution in [2.24, 2.45) is 0 Å². The van der Waals surface area contributed by atoms with E-state index in [0.717, 1.165) is 42.0 Å². The molecule has 0 amide bonds. The number of benzene rings is 1. The highest BCUT2D eigenvalue weighted by Gasteiger charge is 2.20. The lowest BCUT2D eigenvalue weighted by Gasteiger charge is -2.32. The highest BCUT2D eigenvalue weighted by molar-refractivity contribution is 5.68. The Morgan fingerprint density at radius 1 is 1.23 bits per heavy atom. The molecule has 0 bridgehead atoms. The summed E-state index contributed by atoms with van der Waals surface area (Å²) in [4.78, 5) is 25.5. The lowest BCUT2D eigenvalue weighted by atomic mass is 9.95.